The predicted octanol–water partition coefficient (Wildman–Crippen LogP) is 3.90. The van der Waals surface area contributed by atoms with E-state index in [1.807, 2.05) is 0 Å². The third kappa shape index (κ3) is 7.47. The van der Waals surface area contributed by atoms with Crippen LogP contribution in [0.5, 0.6) is 5.75 Å². The molecule has 1 N–H and O–H groups in total. The SMILES string of the molecule is COC(=O)CCC(C(=O)C=Cc1ccc(CO)c(F)c1)C(=O)C=Cc1ccc(OC)c(F)c1. The van der Waals surface area contributed by atoms with E-state index in [2.05, 4.69) is 4.74 Å². The topological polar surface area (TPSA) is 89.9 Å². The first-order valence-electron chi connectivity index (χ1n) is 10.0. The van der Waals surface area contributed by atoms with Crippen LogP contribution in [0.4, 0.5) is 8.78 Å². The molecule has 8 heteroatoms. The maximum Gasteiger partial charge on any atom is 0.305 e. The van der Waals surface area contributed by atoms with Gasteiger partial charge in [0.05, 0.1) is 26.7 Å². The summed E-state index contributed by atoms with van der Waals surface area (Å²) in [7, 11) is 2.53. The van der Waals surface area contributed by atoms with E-state index in [1.165, 1.54) is 50.6 Å². The Bertz CT molecular complexity index is 999. The van der Waals surface area contributed by atoms with Crippen LogP contribution in [-0.4, -0.2) is 36.9 Å². The standard InChI is InChI=1S/C25H24F2O6/c1-32-24-11-6-17(14-21(24)27)5-10-23(30)19(8-12-25(31)33-2)22(29)9-4-16-3-7-18(15-28)20(26)13-16/h3-7,9-11,13-14,19,28H,8,12,15H2,1-2H3. The van der Waals surface area contributed by atoms with Gasteiger partial charge in [0.15, 0.2) is 23.1 Å². The zero-order chi connectivity index (χ0) is 24.4. The van der Waals surface area contributed by atoms with Gasteiger partial charge in [-0.15, -0.1) is 0 Å². The lowest BCUT2D eigenvalue weighted by atomic mass is 9.92. The highest BCUT2D eigenvalue weighted by Crippen LogP contribution is 2.20. The van der Waals surface area contributed by atoms with Crippen molar-refractivity contribution in [1.29, 1.82) is 0 Å². The Morgan fingerprint density at radius 1 is 0.939 bits per heavy atom. The number of carbonyl (C=O) groups excluding carboxylic acids is 3. The highest BCUT2D eigenvalue weighted by Gasteiger charge is 2.24. The van der Waals surface area contributed by atoms with E-state index in [0.717, 1.165) is 18.2 Å². The van der Waals surface area contributed by atoms with Gasteiger partial charge < -0.3 is 14.6 Å². The van der Waals surface area contributed by atoms with E-state index in [-0.39, 0.29) is 24.2 Å². The third-order valence-electron chi connectivity index (χ3n) is 4.86. The van der Waals surface area contributed by atoms with Crippen molar-refractivity contribution >= 4 is 29.7 Å². The molecule has 0 aliphatic heterocycles. The molecule has 1 atom stereocenters. The third-order valence-corrected chi connectivity index (χ3v) is 4.86. The fourth-order valence-electron chi connectivity index (χ4n) is 2.96. The second-order valence-electron chi connectivity index (χ2n) is 7.04. The van der Waals surface area contributed by atoms with Crippen LogP contribution in [0.15, 0.2) is 48.6 Å². The second kappa shape index (κ2) is 12.4. The lowest BCUT2D eigenvalue weighted by molar-refractivity contribution is -0.141. The molecule has 0 saturated heterocycles. The summed E-state index contributed by atoms with van der Waals surface area (Å²) >= 11 is 0. The molecule has 0 spiro atoms. The van der Waals surface area contributed by atoms with Gasteiger partial charge in [-0.3, -0.25) is 14.4 Å². The molecular formula is C25H24F2O6. The number of aliphatic hydroxyl groups is 1. The van der Waals surface area contributed by atoms with Crippen molar-refractivity contribution in [1.82, 2.24) is 0 Å². The number of carbonyl (C=O) groups is 3. The van der Waals surface area contributed by atoms with Crippen molar-refractivity contribution in [3.05, 3.63) is 76.9 Å². The summed E-state index contributed by atoms with van der Waals surface area (Å²) in [5.41, 5.74) is 0.863. The molecule has 2 aromatic carbocycles. The monoisotopic (exact) mass is 458 g/mol. The van der Waals surface area contributed by atoms with E-state index in [4.69, 9.17) is 9.84 Å². The van der Waals surface area contributed by atoms with Crippen molar-refractivity contribution in [2.75, 3.05) is 14.2 Å². The molecule has 174 valence electrons. The van der Waals surface area contributed by atoms with E-state index < -0.39 is 41.7 Å². The molecule has 0 fully saturated rings. The fraction of sp³-hybridized carbons (Fsp3) is 0.240. The number of methoxy groups -OCH3 is 2. The van der Waals surface area contributed by atoms with E-state index in [0.29, 0.717) is 11.1 Å². The van der Waals surface area contributed by atoms with Gasteiger partial charge >= 0.3 is 5.97 Å². The van der Waals surface area contributed by atoms with Gasteiger partial charge in [-0.25, -0.2) is 8.78 Å². The first-order chi connectivity index (χ1) is 15.8. The fourth-order valence-corrected chi connectivity index (χ4v) is 2.96. The van der Waals surface area contributed by atoms with Gasteiger partial charge in [0.2, 0.25) is 0 Å². The average molecular weight is 458 g/mol. The minimum absolute atomic E-state index is 0.0539. The van der Waals surface area contributed by atoms with E-state index in [1.54, 1.807) is 6.07 Å². The van der Waals surface area contributed by atoms with E-state index in [9.17, 15) is 23.2 Å². The molecule has 1 unspecified atom stereocenters. The number of allylic oxidation sites excluding steroid dienone is 2. The Hall–Kier alpha value is -3.65. The summed E-state index contributed by atoms with van der Waals surface area (Å²) in [6.45, 7) is -0.455. The number of hydrogen-bond acceptors (Lipinski definition) is 6. The van der Waals surface area contributed by atoms with Crippen molar-refractivity contribution in [2.24, 2.45) is 5.92 Å². The number of benzene rings is 2. The highest BCUT2D eigenvalue weighted by atomic mass is 19.1. The normalized spacial score (nSPS) is 12.2. The summed E-state index contributed by atoms with van der Waals surface area (Å²) in [6.07, 6.45) is 4.73. The van der Waals surface area contributed by atoms with Gasteiger partial charge in [0.25, 0.3) is 0 Å². The first-order valence-corrected chi connectivity index (χ1v) is 10.0. The first kappa shape index (κ1) is 25.6. The molecule has 6 nitrogen and oxygen atoms in total. The highest BCUT2D eigenvalue weighted by molar-refractivity contribution is 6.13. The zero-order valence-corrected chi connectivity index (χ0v) is 18.2. The van der Waals surface area contributed by atoms with Crippen LogP contribution in [0.2, 0.25) is 0 Å². The molecule has 0 saturated carbocycles. The Morgan fingerprint density at radius 2 is 1.52 bits per heavy atom. The number of hydrogen-bond donors (Lipinski definition) is 1. The average Bonchev–Trinajstić information content (AvgIpc) is 2.81. The largest absolute Gasteiger partial charge is 0.494 e. The zero-order valence-electron chi connectivity index (χ0n) is 18.2. The van der Waals surface area contributed by atoms with Crippen molar-refractivity contribution < 1.29 is 37.7 Å². The summed E-state index contributed by atoms with van der Waals surface area (Å²) in [5.74, 6) is -4.09. The van der Waals surface area contributed by atoms with Crippen molar-refractivity contribution in [2.45, 2.75) is 19.4 Å². The van der Waals surface area contributed by atoms with Crippen molar-refractivity contribution in [3.63, 3.8) is 0 Å². The van der Waals surface area contributed by atoms with Gasteiger partial charge in [-0.05, 0) is 47.9 Å². The molecule has 0 radical (unpaired) electrons. The van der Waals surface area contributed by atoms with Crippen LogP contribution in [0.3, 0.4) is 0 Å². The molecule has 0 bridgehead atoms. The number of rotatable bonds is 11. The molecule has 0 aliphatic rings. The quantitative estimate of drug-likeness (QED) is 0.312. The summed E-state index contributed by atoms with van der Waals surface area (Å²) in [5, 5.41) is 9.04. The number of esters is 1. The van der Waals surface area contributed by atoms with Crippen molar-refractivity contribution in [3.8, 4) is 5.75 Å². The number of ether oxygens (including phenoxy) is 2. The Balaban J connectivity index is 2.20. The van der Waals surface area contributed by atoms with Gasteiger partial charge in [-0.2, -0.15) is 0 Å². The lowest BCUT2D eigenvalue weighted by Gasteiger charge is -2.10. The predicted molar refractivity (Wildman–Crippen MR) is 118 cm³/mol. The van der Waals surface area contributed by atoms with Crippen LogP contribution in [0.25, 0.3) is 12.2 Å². The summed E-state index contributed by atoms with van der Waals surface area (Å²) in [6, 6.07) is 8.18. The molecule has 2 aromatic rings. The minimum Gasteiger partial charge on any atom is -0.494 e. The molecular weight excluding hydrogens is 434 g/mol. The summed E-state index contributed by atoms with van der Waals surface area (Å²) in [4.78, 5) is 36.9. The van der Waals surface area contributed by atoms with E-state index >= 15 is 0 Å². The Labute approximate surface area is 190 Å². The maximum absolute atomic E-state index is 13.8. The molecule has 2 rings (SSSR count). The van der Waals surface area contributed by atoms with Crippen LogP contribution in [0, 0.1) is 17.6 Å². The van der Waals surface area contributed by atoms with Gasteiger partial charge in [-0.1, -0.05) is 30.4 Å². The number of halogens is 2. The summed E-state index contributed by atoms with van der Waals surface area (Å²) < 4.78 is 37.1. The minimum atomic E-state index is -1.18. The smallest absolute Gasteiger partial charge is 0.305 e. The van der Waals surface area contributed by atoms with Crippen LogP contribution < -0.4 is 4.74 Å². The molecule has 0 heterocycles. The maximum atomic E-state index is 13.8. The van der Waals surface area contributed by atoms with Crippen LogP contribution in [0.1, 0.15) is 29.5 Å². The molecule has 0 aromatic heterocycles. The van der Waals surface area contributed by atoms with Crippen LogP contribution in [-0.2, 0) is 25.7 Å². The lowest BCUT2D eigenvalue weighted by Crippen LogP contribution is -2.22. The Morgan fingerprint density at radius 3 is 2.00 bits per heavy atom. The molecule has 33 heavy (non-hydrogen) atoms. The second-order valence-corrected chi connectivity index (χ2v) is 7.04. The van der Waals surface area contributed by atoms with Crippen LogP contribution >= 0.6 is 0 Å². The molecule has 0 aliphatic carbocycles. The molecule has 0 amide bonds. The van der Waals surface area contributed by atoms with Gasteiger partial charge in [0.1, 0.15) is 5.82 Å². The number of aliphatic hydroxyl groups excluding tert-OH is 1. The van der Waals surface area contributed by atoms with Gasteiger partial charge in [0, 0.05) is 12.0 Å². The Kier molecular flexibility index (Phi) is 9.62. The number of ketones is 2.